The van der Waals surface area contributed by atoms with Crippen molar-refractivity contribution < 1.29 is 4.79 Å². The van der Waals surface area contributed by atoms with Crippen molar-refractivity contribution in [2.75, 3.05) is 18.0 Å². The fourth-order valence-electron chi connectivity index (χ4n) is 2.20. The number of amides is 1. The van der Waals surface area contributed by atoms with Crippen molar-refractivity contribution in [1.29, 1.82) is 0 Å². The van der Waals surface area contributed by atoms with E-state index in [2.05, 4.69) is 29.0 Å². The first-order valence-corrected chi connectivity index (χ1v) is 7.26. The van der Waals surface area contributed by atoms with Gasteiger partial charge in [-0.2, -0.15) is 0 Å². The highest BCUT2D eigenvalue weighted by Crippen LogP contribution is 2.14. The molecule has 21 heavy (non-hydrogen) atoms. The van der Waals surface area contributed by atoms with E-state index >= 15 is 0 Å². The zero-order valence-electron chi connectivity index (χ0n) is 12.5. The lowest BCUT2D eigenvalue weighted by atomic mass is 10.1. The van der Waals surface area contributed by atoms with Gasteiger partial charge in [0, 0.05) is 43.3 Å². The van der Waals surface area contributed by atoms with Crippen molar-refractivity contribution in [1.82, 2.24) is 10.3 Å². The fourth-order valence-corrected chi connectivity index (χ4v) is 2.20. The molecule has 1 N–H and O–H groups in total. The summed E-state index contributed by atoms with van der Waals surface area (Å²) in [5.41, 5.74) is 2.81. The van der Waals surface area contributed by atoms with Crippen molar-refractivity contribution in [2.24, 2.45) is 0 Å². The highest BCUT2D eigenvalue weighted by Gasteiger charge is 2.07. The third-order valence-corrected chi connectivity index (χ3v) is 3.43. The molecule has 1 heterocycles. The maximum absolute atomic E-state index is 12.1. The molecule has 1 aromatic heterocycles. The maximum Gasteiger partial charge on any atom is 0.251 e. The summed E-state index contributed by atoms with van der Waals surface area (Å²) in [5, 5.41) is 2.90. The number of carbonyl (C=O) groups excluding carboxylic acids is 1. The van der Waals surface area contributed by atoms with E-state index in [-0.39, 0.29) is 5.91 Å². The summed E-state index contributed by atoms with van der Waals surface area (Å²) in [4.78, 5) is 18.4. The van der Waals surface area contributed by atoms with Crippen LogP contribution in [0.4, 0.5) is 5.69 Å². The second-order valence-electron chi connectivity index (χ2n) is 4.76. The van der Waals surface area contributed by atoms with Gasteiger partial charge in [0.1, 0.15) is 0 Å². The zero-order chi connectivity index (χ0) is 15.1. The summed E-state index contributed by atoms with van der Waals surface area (Å²) >= 11 is 0. The van der Waals surface area contributed by atoms with Crippen LogP contribution >= 0.6 is 0 Å². The molecular formula is C17H21N3O. The zero-order valence-corrected chi connectivity index (χ0v) is 12.5. The van der Waals surface area contributed by atoms with Gasteiger partial charge < -0.3 is 10.2 Å². The number of rotatable bonds is 6. The van der Waals surface area contributed by atoms with Crippen LogP contribution in [0.3, 0.4) is 0 Å². The third-order valence-electron chi connectivity index (χ3n) is 3.43. The third kappa shape index (κ3) is 4.05. The van der Waals surface area contributed by atoms with Crippen molar-refractivity contribution in [3.8, 4) is 0 Å². The summed E-state index contributed by atoms with van der Waals surface area (Å²) in [6.07, 6.45) is 3.47. The second-order valence-corrected chi connectivity index (χ2v) is 4.76. The monoisotopic (exact) mass is 283 g/mol. The van der Waals surface area contributed by atoms with Crippen molar-refractivity contribution in [2.45, 2.75) is 20.4 Å². The van der Waals surface area contributed by atoms with Crippen LogP contribution in [0.15, 0.2) is 48.8 Å². The first-order valence-electron chi connectivity index (χ1n) is 7.26. The van der Waals surface area contributed by atoms with Crippen LogP contribution in [0.1, 0.15) is 29.8 Å². The minimum Gasteiger partial charge on any atom is -0.372 e. The van der Waals surface area contributed by atoms with Gasteiger partial charge in [0.25, 0.3) is 5.91 Å². The van der Waals surface area contributed by atoms with E-state index in [1.54, 1.807) is 12.4 Å². The summed E-state index contributed by atoms with van der Waals surface area (Å²) in [5.74, 6) is -0.0649. The molecule has 0 fully saturated rings. The van der Waals surface area contributed by atoms with Gasteiger partial charge in [0.2, 0.25) is 0 Å². The molecule has 1 aromatic carbocycles. The molecule has 0 saturated carbocycles. The predicted molar refractivity (Wildman–Crippen MR) is 85.4 cm³/mol. The van der Waals surface area contributed by atoms with Crippen LogP contribution in [-0.2, 0) is 6.54 Å². The second kappa shape index (κ2) is 7.43. The smallest absolute Gasteiger partial charge is 0.251 e. The quantitative estimate of drug-likeness (QED) is 0.886. The Morgan fingerprint density at radius 1 is 1.14 bits per heavy atom. The molecule has 0 bridgehead atoms. The SMILES string of the molecule is CCN(CC)c1ccc(C(=O)NCc2cccnc2)cc1. The first-order chi connectivity index (χ1) is 10.2. The first kappa shape index (κ1) is 15.0. The molecule has 2 aromatic rings. The Labute approximate surface area is 125 Å². The number of pyridine rings is 1. The van der Waals surface area contributed by atoms with Crippen LogP contribution in [0.2, 0.25) is 0 Å². The molecule has 0 spiro atoms. The van der Waals surface area contributed by atoms with E-state index < -0.39 is 0 Å². The Hall–Kier alpha value is -2.36. The lowest BCUT2D eigenvalue weighted by Gasteiger charge is -2.21. The Kier molecular flexibility index (Phi) is 5.32. The molecule has 1 amide bonds. The Balaban J connectivity index is 1.97. The van der Waals surface area contributed by atoms with E-state index in [0.29, 0.717) is 12.1 Å². The molecule has 110 valence electrons. The van der Waals surface area contributed by atoms with Gasteiger partial charge in [-0.05, 0) is 49.7 Å². The average Bonchev–Trinajstić information content (AvgIpc) is 2.55. The Morgan fingerprint density at radius 2 is 1.86 bits per heavy atom. The highest BCUT2D eigenvalue weighted by atomic mass is 16.1. The molecule has 2 rings (SSSR count). The van der Waals surface area contributed by atoms with E-state index in [1.807, 2.05) is 36.4 Å². The van der Waals surface area contributed by atoms with Gasteiger partial charge in [-0.25, -0.2) is 0 Å². The van der Waals surface area contributed by atoms with Gasteiger partial charge in [-0.1, -0.05) is 6.07 Å². The van der Waals surface area contributed by atoms with Crippen LogP contribution in [0.5, 0.6) is 0 Å². The van der Waals surface area contributed by atoms with Crippen LogP contribution in [-0.4, -0.2) is 24.0 Å². The van der Waals surface area contributed by atoms with Gasteiger partial charge in [0.05, 0.1) is 0 Å². The number of aromatic nitrogens is 1. The molecule has 4 nitrogen and oxygen atoms in total. The van der Waals surface area contributed by atoms with E-state index in [0.717, 1.165) is 24.3 Å². The standard InChI is InChI=1S/C17H21N3O/c1-3-20(4-2)16-9-7-15(8-10-16)17(21)19-13-14-6-5-11-18-12-14/h5-12H,3-4,13H2,1-2H3,(H,19,21). The minimum atomic E-state index is -0.0649. The van der Waals surface area contributed by atoms with Gasteiger partial charge in [0.15, 0.2) is 0 Å². The number of hydrogen-bond acceptors (Lipinski definition) is 3. The topological polar surface area (TPSA) is 45.2 Å². The molecule has 0 aliphatic heterocycles. The van der Waals surface area contributed by atoms with Crippen molar-refractivity contribution >= 4 is 11.6 Å². The number of nitrogens with one attached hydrogen (secondary N) is 1. The lowest BCUT2D eigenvalue weighted by Crippen LogP contribution is -2.24. The molecule has 0 aliphatic carbocycles. The Bertz CT molecular complexity index is 562. The number of benzene rings is 1. The number of carbonyl (C=O) groups is 1. The lowest BCUT2D eigenvalue weighted by molar-refractivity contribution is 0.0951. The van der Waals surface area contributed by atoms with E-state index in [9.17, 15) is 4.79 Å². The largest absolute Gasteiger partial charge is 0.372 e. The average molecular weight is 283 g/mol. The van der Waals surface area contributed by atoms with Crippen LogP contribution in [0.25, 0.3) is 0 Å². The Morgan fingerprint density at radius 3 is 2.43 bits per heavy atom. The van der Waals surface area contributed by atoms with Crippen LogP contribution < -0.4 is 10.2 Å². The van der Waals surface area contributed by atoms with E-state index in [1.165, 1.54) is 0 Å². The summed E-state index contributed by atoms with van der Waals surface area (Å²) in [6, 6.07) is 11.5. The molecule has 0 radical (unpaired) electrons. The highest BCUT2D eigenvalue weighted by molar-refractivity contribution is 5.94. The number of anilines is 1. The summed E-state index contributed by atoms with van der Waals surface area (Å²) in [7, 11) is 0. The maximum atomic E-state index is 12.1. The van der Waals surface area contributed by atoms with Crippen LogP contribution in [0, 0.1) is 0 Å². The molecule has 0 saturated heterocycles. The molecule has 0 atom stereocenters. The van der Waals surface area contributed by atoms with Crippen molar-refractivity contribution in [3.05, 3.63) is 59.9 Å². The molecule has 4 heteroatoms. The van der Waals surface area contributed by atoms with E-state index in [4.69, 9.17) is 0 Å². The molecule has 0 unspecified atom stereocenters. The van der Waals surface area contributed by atoms with Gasteiger partial charge in [-0.3, -0.25) is 9.78 Å². The fraction of sp³-hybridized carbons (Fsp3) is 0.294. The van der Waals surface area contributed by atoms with Gasteiger partial charge in [-0.15, -0.1) is 0 Å². The summed E-state index contributed by atoms with van der Waals surface area (Å²) < 4.78 is 0. The molecule has 0 aliphatic rings. The van der Waals surface area contributed by atoms with Gasteiger partial charge >= 0.3 is 0 Å². The molecular weight excluding hydrogens is 262 g/mol. The normalized spacial score (nSPS) is 10.2. The van der Waals surface area contributed by atoms with Crippen molar-refractivity contribution in [3.63, 3.8) is 0 Å². The minimum absolute atomic E-state index is 0.0649. The summed E-state index contributed by atoms with van der Waals surface area (Å²) in [6.45, 7) is 6.66. The number of nitrogens with zero attached hydrogens (tertiary/aromatic N) is 2. The number of hydrogen-bond donors (Lipinski definition) is 1. The predicted octanol–water partition coefficient (Wildman–Crippen LogP) is 2.86.